The van der Waals surface area contributed by atoms with E-state index in [0.29, 0.717) is 0 Å². The Morgan fingerprint density at radius 3 is 2.29 bits per heavy atom. The SMILES string of the molecule is CN(C)S(=O)(=O)Nc1nn(C)cc1S(N)(=O)=O. The minimum atomic E-state index is -4.04. The maximum absolute atomic E-state index is 11.5. The lowest BCUT2D eigenvalue weighted by atomic mass is 10.7. The predicted molar refractivity (Wildman–Crippen MR) is 60.8 cm³/mol. The van der Waals surface area contributed by atoms with Gasteiger partial charge in [-0.15, -0.1) is 0 Å². The molecule has 1 heterocycles. The molecule has 0 aliphatic carbocycles. The van der Waals surface area contributed by atoms with Crippen LogP contribution in [-0.4, -0.2) is 45.0 Å². The molecule has 0 saturated heterocycles. The van der Waals surface area contributed by atoms with Crippen LogP contribution >= 0.6 is 0 Å². The van der Waals surface area contributed by atoms with E-state index in [1.54, 1.807) is 0 Å². The second-order valence-electron chi connectivity index (χ2n) is 3.45. The molecule has 9 nitrogen and oxygen atoms in total. The average Bonchev–Trinajstić information content (AvgIpc) is 2.44. The van der Waals surface area contributed by atoms with E-state index in [9.17, 15) is 16.8 Å². The van der Waals surface area contributed by atoms with Gasteiger partial charge in [0.15, 0.2) is 5.82 Å². The molecule has 0 spiro atoms. The van der Waals surface area contributed by atoms with Crippen molar-refractivity contribution in [3.63, 3.8) is 0 Å². The van der Waals surface area contributed by atoms with Gasteiger partial charge in [0.25, 0.3) is 0 Å². The van der Waals surface area contributed by atoms with Crippen molar-refractivity contribution in [2.45, 2.75) is 4.90 Å². The van der Waals surface area contributed by atoms with Crippen LogP contribution in [0.2, 0.25) is 0 Å². The summed E-state index contributed by atoms with van der Waals surface area (Å²) in [6, 6.07) is 0. The van der Waals surface area contributed by atoms with Crippen LogP contribution in [0.5, 0.6) is 0 Å². The number of nitrogens with one attached hydrogen (secondary N) is 1. The third-order valence-corrected chi connectivity index (χ3v) is 4.13. The molecule has 0 aliphatic rings. The summed E-state index contributed by atoms with van der Waals surface area (Å²) in [6.07, 6.45) is 1.11. The highest BCUT2D eigenvalue weighted by Gasteiger charge is 2.23. The number of anilines is 1. The molecule has 1 rings (SSSR count). The Morgan fingerprint density at radius 2 is 1.88 bits per heavy atom. The number of sulfonamides is 1. The summed E-state index contributed by atoms with van der Waals surface area (Å²) in [6.45, 7) is 0. The van der Waals surface area contributed by atoms with Gasteiger partial charge in [-0.3, -0.25) is 9.40 Å². The molecule has 1 aromatic rings. The van der Waals surface area contributed by atoms with E-state index in [0.717, 1.165) is 15.2 Å². The molecule has 17 heavy (non-hydrogen) atoms. The van der Waals surface area contributed by atoms with Gasteiger partial charge in [-0.25, -0.2) is 13.6 Å². The monoisotopic (exact) mass is 283 g/mol. The zero-order chi connectivity index (χ0) is 13.4. The van der Waals surface area contributed by atoms with E-state index in [-0.39, 0.29) is 10.7 Å². The molecule has 0 amide bonds. The first-order valence-electron chi connectivity index (χ1n) is 4.31. The number of aryl methyl sites for hydroxylation is 1. The Labute approximate surface area is 99.4 Å². The van der Waals surface area contributed by atoms with Crippen LogP contribution in [0.4, 0.5) is 5.82 Å². The normalized spacial score (nSPS) is 13.0. The van der Waals surface area contributed by atoms with E-state index in [1.165, 1.54) is 21.1 Å². The van der Waals surface area contributed by atoms with Crippen molar-refractivity contribution >= 4 is 26.1 Å². The van der Waals surface area contributed by atoms with Crippen molar-refractivity contribution in [3.05, 3.63) is 6.20 Å². The number of nitrogens with two attached hydrogens (primary N) is 1. The van der Waals surface area contributed by atoms with E-state index >= 15 is 0 Å². The van der Waals surface area contributed by atoms with Gasteiger partial charge in [-0.05, 0) is 0 Å². The van der Waals surface area contributed by atoms with Crippen molar-refractivity contribution < 1.29 is 16.8 Å². The van der Waals surface area contributed by atoms with Crippen LogP contribution < -0.4 is 9.86 Å². The molecule has 3 N–H and O–H groups in total. The Bertz CT molecular complexity index is 615. The van der Waals surface area contributed by atoms with Crippen LogP contribution in [0.15, 0.2) is 11.1 Å². The highest BCUT2D eigenvalue weighted by molar-refractivity contribution is 7.91. The van der Waals surface area contributed by atoms with Crippen LogP contribution in [0.1, 0.15) is 0 Å². The topological polar surface area (TPSA) is 127 Å². The third-order valence-electron chi connectivity index (χ3n) is 1.81. The molecule has 0 unspecified atom stereocenters. The van der Waals surface area contributed by atoms with Gasteiger partial charge in [0.2, 0.25) is 10.0 Å². The summed E-state index contributed by atoms with van der Waals surface area (Å²) >= 11 is 0. The fourth-order valence-electron chi connectivity index (χ4n) is 0.959. The molecular formula is C6H13N5O4S2. The molecule has 1 aromatic heterocycles. The Balaban J connectivity index is 3.26. The molecule has 0 bridgehead atoms. The number of nitrogens with zero attached hydrogens (tertiary/aromatic N) is 3. The van der Waals surface area contributed by atoms with Gasteiger partial charge in [-0.1, -0.05) is 0 Å². The first-order valence-corrected chi connectivity index (χ1v) is 7.29. The van der Waals surface area contributed by atoms with Crippen LogP contribution in [-0.2, 0) is 27.3 Å². The minimum Gasteiger partial charge on any atom is -0.272 e. The van der Waals surface area contributed by atoms with Crippen molar-refractivity contribution in [3.8, 4) is 0 Å². The first-order chi connectivity index (χ1) is 7.54. The summed E-state index contributed by atoms with van der Waals surface area (Å²) in [5.74, 6) is -0.330. The fraction of sp³-hybridized carbons (Fsp3) is 0.500. The van der Waals surface area contributed by atoms with Crippen molar-refractivity contribution in [2.24, 2.45) is 12.2 Å². The molecule has 98 valence electrons. The number of primary sulfonamides is 1. The zero-order valence-corrected chi connectivity index (χ0v) is 11.1. The van der Waals surface area contributed by atoms with Crippen molar-refractivity contribution in [2.75, 3.05) is 18.8 Å². The third kappa shape index (κ3) is 3.15. The standard InChI is InChI=1S/C6H13N5O4S2/c1-10(2)17(14,15)9-6-5(16(7,12)13)4-11(3)8-6/h4H,1-3H3,(H,8,9)(H2,7,12,13). The van der Waals surface area contributed by atoms with Gasteiger partial charge in [0.05, 0.1) is 0 Å². The number of hydrogen-bond acceptors (Lipinski definition) is 5. The van der Waals surface area contributed by atoms with Gasteiger partial charge < -0.3 is 0 Å². The Morgan fingerprint density at radius 1 is 1.35 bits per heavy atom. The molecule has 11 heteroatoms. The first kappa shape index (κ1) is 13.9. The molecular weight excluding hydrogens is 270 g/mol. The van der Waals surface area contributed by atoms with Gasteiger partial charge in [-0.2, -0.15) is 17.8 Å². The minimum absolute atomic E-state index is 0.330. The smallest absolute Gasteiger partial charge is 0.272 e. The van der Waals surface area contributed by atoms with Gasteiger partial charge >= 0.3 is 10.2 Å². The number of hydrogen-bond donors (Lipinski definition) is 2. The summed E-state index contributed by atoms with van der Waals surface area (Å²) in [4.78, 5) is -0.384. The van der Waals surface area contributed by atoms with E-state index < -0.39 is 20.2 Å². The number of rotatable bonds is 4. The zero-order valence-electron chi connectivity index (χ0n) is 9.45. The van der Waals surface area contributed by atoms with Gasteiger partial charge in [0, 0.05) is 27.3 Å². The van der Waals surface area contributed by atoms with Crippen molar-refractivity contribution in [1.82, 2.24) is 14.1 Å². The van der Waals surface area contributed by atoms with Crippen LogP contribution in [0.25, 0.3) is 0 Å². The quantitative estimate of drug-likeness (QED) is 0.679. The van der Waals surface area contributed by atoms with Crippen LogP contribution in [0.3, 0.4) is 0 Å². The lowest BCUT2D eigenvalue weighted by Gasteiger charge is -2.11. The average molecular weight is 283 g/mol. The maximum Gasteiger partial charge on any atom is 0.302 e. The summed E-state index contributed by atoms with van der Waals surface area (Å²) in [5.41, 5.74) is 0. The van der Waals surface area contributed by atoms with E-state index in [2.05, 4.69) is 5.10 Å². The van der Waals surface area contributed by atoms with Crippen molar-refractivity contribution in [1.29, 1.82) is 0 Å². The summed E-state index contributed by atoms with van der Waals surface area (Å²) < 4.78 is 49.5. The fourth-order valence-corrected chi connectivity index (χ4v) is 2.26. The largest absolute Gasteiger partial charge is 0.302 e. The molecule has 0 radical (unpaired) electrons. The molecule has 0 saturated carbocycles. The molecule has 0 fully saturated rings. The second kappa shape index (κ2) is 4.25. The lowest BCUT2D eigenvalue weighted by molar-refractivity contribution is 0.526. The Hall–Kier alpha value is -1.17. The summed E-state index contributed by atoms with van der Waals surface area (Å²) in [5, 5.41) is 8.62. The number of aromatic nitrogens is 2. The molecule has 0 aliphatic heterocycles. The second-order valence-corrected chi connectivity index (χ2v) is 6.86. The highest BCUT2D eigenvalue weighted by atomic mass is 32.2. The van der Waals surface area contributed by atoms with E-state index in [4.69, 9.17) is 5.14 Å². The maximum atomic E-state index is 11.5. The molecule has 0 atom stereocenters. The Kier molecular flexibility index (Phi) is 3.47. The predicted octanol–water partition coefficient (Wildman–Crippen LogP) is -1.71. The summed E-state index contributed by atoms with van der Waals surface area (Å²) in [7, 11) is -3.84. The lowest BCUT2D eigenvalue weighted by Crippen LogP contribution is -2.30. The van der Waals surface area contributed by atoms with Crippen LogP contribution in [0, 0.1) is 0 Å². The van der Waals surface area contributed by atoms with E-state index in [1.807, 2.05) is 4.72 Å². The molecule has 0 aromatic carbocycles. The highest BCUT2D eigenvalue weighted by Crippen LogP contribution is 2.18. The van der Waals surface area contributed by atoms with Gasteiger partial charge in [0.1, 0.15) is 4.90 Å².